The average molecular weight is 448 g/mol. The molecule has 29 heavy (non-hydrogen) atoms. The lowest BCUT2D eigenvalue weighted by Gasteiger charge is -2.14. The zero-order chi connectivity index (χ0) is 21.4. The van der Waals surface area contributed by atoms with E-state index in [1.54, 1.807) is 0 Å². The second-order valence-electron chi connectivity index (χ2n) is 5.67. The summed E-state index contributed by atoms with van der Waals surface area (Å²) in [5.74, 6) is -1.92. The van der Waals surface area contributed by atoms with Crippen LogP contribution in [0.15, 0.2) is 59.8 Å². The molecule has 0 aliphatic rings. The molecule has 0 fully saturated rings. The number of hydrogen-bond acceptors (Lipinski definition) is 4. The van der Waals surface area contributed by atoms with Crippen molar-refractivity contribution in [2.24, 2.45) is 0 Å². The normalized spacial score (nSPS) is 12.0. The Morgan fingerprint density at radius 3 is 2.45 bits per heavy atom. The third-order valence-electron chi connectivity index (χ3n) is 3.71. The van der Waals surface area contributed by atoms with Crippen molar-refractivity contribution in [1.82, 2.24) is 14.5 Å². The first-order valence-corrected chi connectivity index (χ1v) is 9.59. The lowest BCUT2D eigenvalue weighted by molar-refractivity contribution is -0.139. The Kier molecular flexibility index (Phi) is 5.37. The first kappa shape index (κ1) is 20.8. The number of aromatic nitrogens is 2. The Balaban J connectivity index is 1.94. The fourth-order valence-corrected chi connectivity index (χ4v) is 4.19. The first-order chi connectivity index (χ1) is 13.5. The van der Waals surface area contributed by atoms with Gasteiger partial charge in [-0.25, -0.2) is 22.2 Å². The number of rotatable bonds is 4. The van der Waals surface area contributed by atoms with E-state index >= 15 is 0 Å². The monoisotopic (exact) mass is 447 g/mol. The number of nitrogens with one attached hydrogen (secondary N) is 1. The highest BCUT2D eigenvalue weighted by Gasteiger charge is 2.39. The summed E-state index contributed by atoms with van der Waals surface area (Å²) in [6.07, 6.45) is -3.05. The molecule has 1 amide bonds. The first-order valence-electron chi connectivity index (χ1n) is 7.73. The summed E-state index contributed by atoms with van der Waals surface area (Å²) in [6.45, 7) is 0. The fourth-order valence-electron chi connectivity index (χ4n) is 2.45. The molecule has 0 aliphatic heterocycles. The summed E-state index contributed by atoms with van der Waals surface area (Å²) >= 11 is 5.66. The molecule has 1 N–H and O–H groups in total. The molecule has 0 aliphatic carbocycles. The minimum atomic E-state index is -5.02. The van der Waals surface area contributed by atoms with E-state index < -0.39 is 43.4 Å². The Labute approximate surface area is 166 Å². The number of halogens is 5. The minimum absolute atomic E-state index is 0.0140. The number of nitrogens with zero attached hydrogens (tertiary/aromatic N) is 2. The molecular formula is C17H10ClF4N3O3S. The quantitative estimate of drug-likeness (QED) is 0.617. The molecule has 1 aromatic heterocycles. The van der Waals surface area contributed by atoms with Crippen LogP contribution in [0.4, 0.5) is 17.6 Å². The Morgan fingerprint density at radius 1 is 1.10 bits per heavy atom. The summed E-state index contributed by atoms with van der Waals surface area (Å²) in [4.78, 5) is 11.0. The molecule has 152 valence electrons. The van der Waals surface area contributed by atoms with Crippen LogP contribution in [0.2, 0.25) is 5.02 Å². The summed E-state index contributed by atoms with van der Waals surface area (Å²) in [5.41, 5.74) is -1.86. The zero-order valence-electron chi connectivity index (χ0n) is 14.1. The predicted octanol–water partition coefficient (Wildman–Crippen LogP) is 3.80. The summed E-state index contributed by atoms with van der Waals surface area (Å²) < 4.78 is 80.7. The van der Waals surface area contributed by atoms with E-state index in [0.717, 1.165) is 35.3 Å². The fraction of sp³-hybridized carbons (Fsp3) is 0.0588. The van der Waals surface area contributed by atoms with Gasteiger partial charge in [0.1, 0.15) is 16.4 Å². The van der Waals surface area contributed by atoms with E-state index in [2.05, 4.69) is 5.10 Å². The van der Waals surface area contributed by atoms with Gasteiger partial charge >= 0.3 is 6.18 Å². The van der Waals surface area contributed by atoms with Gasteiger partial charge < -0.3 is 0 Å². The maximum absolute atomic E-state index is 13.8. The number of alkyl halides is 3. The third kappa shape index (κ3) is 4.25. The van der Waals surface area contributed by atoms with Crippen molar-refractivity contribution in [3.8, 4) is 5.69 Å². The van der Waals surface area contributed by atoms with Gasteiger partial charge in [0, 0.05) is 6.20 Å². The molecule has 6 nitrogen and oxygen atoms in total. The molecule has 3 aromatic rings. The summed E-state index contributed by atoms with van der Waals surface area (Å²) in [5, 5.41) is 3.05. The van der Waals surface area contributed by atoms with Crippen molar-refractivity contribution >= 4 is 27.5 Å². The number of carbonyl (C=O) groups excluding carboxylic acids is 1. The smallest absolute Gasteiger partial charge is 0.268 e. The molecule has 1 heterocycles. The second-order valence-corrected chi connectivity index (χ2v) is 7.70. The lowest BCUT2D eigenvalue weighted by Crippen LogP contribution is -2.32. The molecule has 12 heteroatoms. The zero-order valence-corrected chi connectivity index (χ0v) is 15.7. The summed E-state index contributed by atoms with van der Waals surface area (Å²) in [7, 11) is -4.98. The highest BCUT2D eigenvalue weighted by atomic mass is 35.5. The number of amides is 1. The molecule has 0 atom stereocenters. The van der Waals surface area contributed by atoms with Gasteiger partial charge in [-0.1, -0.05) is 29.8 Å². The van der Waals surface area contributed by atoms with Gasteiger partial charge in [0.25, 0.3) is 15.9 Å². The second kappa shape index (κ2) is 7.48. The van der Waals surface area contributed by atoms with E-state index in [1.165, 1.54) is 22.9 Å². The predicted molar refractivity (Wildman–Crippen MR) is 94.6 cm³/mol. The van der Waals surface area contributed by atoms with Gasteiger partial charge in [0.15, 0.2) is 0 Å². The van der Waals surface area contributed by atoms with Crippen LogP contribution < -0.4 is 4.72 Å². The van der Waals surface area contributed by atoms with Gasteiger partial charge in [-0.3, -0.25) is 4.79 Å². The SMILES string of the molecule is O=C(NS(=O)(=O)c1c(Cl)cccc1C(F)(F)F)c1cnn(-c2ccccc2F)c1. The van der Waals surface area contributed by atoms with Crippen LogP contribution in [0.25, 0.3) is 5.69 Å². The molecule has 3 rings (SSSR count). The van der Waals surface area contributed by atoms with E-state index in [4.69, 9.17) is 11.6 Å². The lowest BCUT2D eigenvalue weighted by atomic mass is 10.2. The Hall–Kier alpha value is -2.92. The Morgan fingerprint density at radius 2 is 1.79 bits per heavy atom. The van der Waals surface area contributed by atoms with Crippen molar-refractivity contribution in [2.45, 2.75) is 11.1 Å². The minimum Gasteiger partial charge on any atom is -0.268 e. The number of hydrogen-bond donors (Lipinski definition) is 1. The molecule has 0 saturated carbocycles. The number of sulfonamides is 1. The van der Waals surface area contributed by atoms with Crippen LogP contribution in [0.3, 0.4) is 0 Å². The maximum atomic E-state index is 13.8. The van der Waals surface area contributed by atoms with Gasteiger partial charge in [-0.2, -0.15) is 18.3 Å². The van der Waals surface area contributed by atoms with Crippen LogP contribution in [-0.2, 0) is 16.2 Å². The molecule has 0 unspecified atom stereocenters. The van der Waals surface area contributed by atoms with Crippen molar-refractivity contribution in [2.75, 3.05) is 0 Å². The average Bonchev–Trinajstić information content (AvgIpc) is 3.10. The van der Waals surface area contributed by atoms with E-state index in [1.807, 2.05) is 0 Å². The molecule has 0 radical (unpaired) electrons. The van der Waals surface area contributed by atoms with E-state index in [0.29, 0.717) is 6.07 Å². The van der Waals surface area contributed by atoms with Crippen LogP contribution in [0.5, 0.6) is 0 Å². The van der Waals surface area contributed by atoms with Crippen LogP contribution in [-0.4, -0.2) is 24.1 Å². The Bertz CT molecular complexity index is 1190. The van der Waals surface area contributed by atoms with Gasteiger partial charge in [0.2, 0.25) is 0 Å². The highest BCUT2D eigenvalue weighted by molar-refractivity contribution is 7.90. The maximum Gasteiger partial charge on any atom is 0.417 e. The van der Waals surface area contributed by atoms with Crippen molar-refractivity contribution in [3.63, 3.8) is 0 Å². The third-order valence-corrected chi connectivity index (χ3v) is 5.57. The van der Waals surface area contributed by atoms with Crippen LogP contribution in [0.1, 0.15) is 15.9 Å². The molecule has 0 bridgehead atoms. The number of para-hydroxylation sites is 1. The van der Waals surface area contributed by atoms with Crippen LogP contribution in [0, 0.1) is 5.82 Å². The topological polar surface area (TPSA) is 81.1 Å². The number of benzene rings is 2. The van der Waals surface area contributed by atoms with E-state index in [-0.39, 0.29) is 11.3 Å². The highest BCUT2D eigenvalue weighted by Crippen LogP contribution is 2.37. The molecule has 0 saturated heterocycles. The van der Waals surface area contributed by atoms with Gasteiger partial charge in [0.05, 0.1) is 22.3 Å². The summed E-state index contributed by atoms with van der Waals surface area (Å²) in [6, 6.07) is 7.87. The van der Waals surface area contributed by atoms with Crippen LogP contribution >= 0.6 is 11.6 Å². The standard InChI is InChI=1S/C17H10ClF4N3O3S/c18-12-5-3-4-11(17(20,21)22)15(12)29(27,28)24-16(26)10-8-23-25(9-10)14-7-2-1-6-13(14)19/h1-9H,(H,24,26). The van der Waals surface area contributed by atoms with E-state index in [9.17, 15) is 30.8 Å². The van der Waals surface area contributed by atoms with Crippen molar-refractivity contribution in [3.05, 3.63) is 76.8 Å². The number of carbonyl (C=O) groups is 1. The molecular weight excluding hydrogens is 438 g/mol. The van der Waals surface area contributed by atoms with Gasteiger partial charge in [-0.15, -0.1) is 0 Å². The molecule has 0 spiro atoms. The molecule has 2 aromatic carbocycles. The van der Waals surface area contributed by atoms with Gasteiger partial charge in [-0.05, 0) is 24.3 Å². The largest absolute Gasteiger partial charge is 0.417 e. The van der Waals surface area contributed by atoms with Crippen molar-refractivity contribution < 1.29 is 30.8 Å². The van der Waals surface area contributed by atoms with Crippen molar-refractivity contribution in [1.29, 1.82) is 0 Å².